The Hall–Kier alpha value is -3.55. The van der Waals surface area contributed by atoms with Gasteiger partial charge in [0.15, 0.2) is 5.11 Å². The van der Waals surface area contributed by atoms with Crippen LogP contribution in [0.1, 0.15) is 42.2 Å². The molecule has 4 rings (SSSR count). The highest BCUT2D eigenvalue weighted by Gasteiger charge is 2.36. The smallest absolute Gasteiger partial charge is 0.266 e. The van der Waals surface area contributed by atoms with Gasteiger partial charge in [0, 0.05) is 5.56 Å². The van der Waals surface area contributed by atoms with Crippen LogP contribution >= 0.6 is 23.8 Å². The summed E-state index contributed by atoms with van der Waals surface area (Å²) in [7, 11) is 0. The molecule has 0 fully saturated rings. The number of hydrogen-bond acceptors (Lipinski definition) is 4. The number of benzene rings is 3. The van der Waals surface area contributed by atoms with Crippen molar-refractivity contribution in [3.8, 4) is 0 Å². The first-order valence-electron chi connectivity index (χ1n) is 9.73. The Morgan fingerprint density at radius 2 is 1.56 bits per heavy atom. The first kappa shape index (κ1) is 21.7. The average Bonchev–Trinajstić information content (AvgIpc) is 3.02. The van der Waals surface area contributed by atoms with Crippen LogP contribution in [-0.4, -0.2) is 22.8 Å². The van der Waals surface area contributed by atoms with Crippen molar-refractivity contribution >= 4 is 58.0 Å². The predicted octanol–water partition coefficient (Wildman–Crippen LogP) is 4.88. The second-order valence-electron chi connectivity index (χ2n) is 7.36. The first-order valence-corrected chi connectivity index (χ1v) is 10.5. The van der Waals surface area contributed by atoms with Gasteiger partial charge >= 0.3 is 0 Å². The molecule has 0 aromatic heterocycles. The van der Waals surface area contributed by atoms with Gasteiger partial charge in [0.2, 0.25) is 0 Å². The standard InChI is InChI=1S/C24H18ClN3O3S/c1-13-7-8-15(11-14(13)2)21(29)27-24(32)26-20-10-9-16(12-19(20)25)28-22(30)17-5-3-4-6-18(17)23(28)31/h3-12H,1-2H3,(H2,26,27,29,32). The maximum atomic E-state index is 12.7. The quantitative estimate of drug-likeness (QED) is 0.427. The van der Waals surface area contributed by atoms with Crippen LogP contribution in [0.2, 0.25) is 5.02 Å². The lowest BCUT2D eigenvalue weighted by atomic mass is 10.1. The summed E-state index contributed by atoms with van der Waals surface area (Å²) in [6.45, 7) is 3.90. The topological polar surface area (TPSA) is 78.5 Å². The first-order chi connectivity index (χ1) is 15.3. The number of imide groups is 1. The van der Waals surface area contributed by atoms with Gasteiger partial charge in [-0.3, -0.25) is 19.7 Å². The monoisotopic (exact) mass is 463 g/mol. The normalized spacial score (nSPS) is 12.5. The molecule has 160 valence electrons. The van der Waals surface area contributed by atoms with Crippen LogP contribution < -0.4 is 15.5 Å². The molecule has 0 spiro atoms. The van der Waals surface area contributed by atoms with E-state index >= 15 is 0 Å². The molecule has 3 aromatic carbocycles. The van der Waals surface area contributed by atoms with Gasteiger partial charge in [0.05, 0.1) is 27.5 Å². The second kappa shape index (κ2) is 8.53. The summed E-state index contributed by atoms with van der Waals surface area (Å²) in [6.07, 6.45) is 0. The van der Waals surface area contributed by atoms with Crippen molar-refractivity contribution < 1.29 is 14.4 Å². The minimum Gasteiger partial charge on any atom is -0.331 e. The van der Waals surface area contributed by atoms with Crippen LogP contribution in [0.5, 0.6) is 0 Å². The number of anilines is 2. The van der Waals surface area contributed by atoms with Crippen LogP contribution in [0.25, 0.3) is 0 Å². The molecule has 1 aliphatic heterocycles. The Labute approximate surface area is 195 Å². The molecule has 0 atom stereocenters. The number of amides is 3. The van der Waals surface area contributed by atoms with Crippen molar-refractivity contribution in [2.24, 2.45) is 0 Å². The minimum absolute atomic E-state index is 0.0728. The molecule has 0 saturated heterocycles. The number of aryl methyl sites for hydroxylation is 2. The molecule has 32 heavy (non-hydrogen) atoms. The molecule has 3 aromatic rings. The van der Waals surface area contributed by atoms with E-state index in [-0.39, 0.29) is 16.0 Å². The molecule has 6 nitrogen and oxygen atoms in total. The maximum absolute atomic E-state index is 12.7. The zero-order valence-corrected chi connectivity index (χ0v) is 18.8. The van der Waals surface area contributed by atoms with Crippen molar-refractivity contribution in [1.82, 2.24) is 5.32 Å². The van der Waals surface area contributed by atoms with Crippen molar-refractivity contribution in [3.05, 3.63) is 93.5 Å². The molecule has 3 amide bonds. The third kappa shape index (κ3) is 4.00. The predicted molar refractivity (Wildman–Crippen MR) is 129 cm³/mol. The van der Waals surface area contributed by atoms with Gasteiger partial charge in [0.1, 0.15) is 0 Å². The maximum Gasteiger partial charge on any atom is 0.266 e. The number of carbonyl (C=O) groups excluding carboxylic acids is 3. The lowest BCUT2D eigenvalue weighted by molar-refractivity contribution is 0.0923. The molecule has 8 heteroatoms. The number of carbonyl (C=O) groups is 3. The molecule has 1 heterocycles. The van der Waals surface area contributed by atoms with Gasteiger partial charge in [-0.05, 0) is 79.7 Å². The molecular formula is C24H18ClN3O3S. The summed E-state index contributed by atoms with van der Waals surface area (Å²) in [5.41, 5.74) is 4.06. The average molecular weight is 464 g/mol. The molecule has 0 saturated carbocycles. The molecule has 0 aliphatic carbocycles. The van der Waals surface area contributed by atoms with Crippen LogP contribution in [0.15, 0.2) is 60.7 Å². The molecule has 0 bridgehead atoms. The summed E-state index contributed by atoms with van der Waals surface area (Å²) in [5, 5.41) is 5.80. The van der Waals surface area contributed by atoms with Crippen molar-refractivity contribution in [2.75, 3.05) is 10.2 Å². The summed E-state index contributed by atoms with van der Waals surface area (Å²) in [5.74, 6) is -1.15. The van der Waals surface area contributed by atoms with E-state index in [1.54, 1.807) is 48.5 Å². The number of nitrogens with one attached hydrogen (secondary N) is 2. The molecular weight excluding hydrogens is 446 g/mol. The number of nitrogens with zero attached hydrogens (tertiary/aromatic N) is 1. The van der Waals surface area contributed by atoms with E-state index in [9.17, 15) is 14.4 Å². The third-order valence-corrected chi connectivity index (χ3v) is 5.77. The third-order valence-electron chi connectivity index (χ3n) is 5.25. The van der Waals surface area contributed by atoms with E-state index in [1.807, 2.05) is 19.9 Å². The van der Waals surface area contributed by atoms with Gasteiger partial charge in [0.25, 0.3) is 17.7 Å². The molecule has 2 N–H and O–H groups in total. The van der Waals surface area contributed by atoms with Crippen LogP contribution in [0.3, 0.4) is 0 Å². The van der Waals surface area contributed by atoms with E-state index in [4.69, 9.17) is 23.8 Å². The Kier molecular flexibility index (Phi) is 5.78. The minimum atomic E-state index is -0.404. The number of halogens is 1. The van der Waals surface area contributed by atoms with E-state index in [0.29, 0.717) is 28.1 Å². The van der Waals surface area contributed by atoms with Gasteiger partial charge in [-0.25, -0.2) is 4.90 Å². The highest BCUT2D eigenvalue weighted by atomic mass is 35.5. The van der Waals surface area contributed by atoms with Crippen LogP contribution in [0, 0.1) is 13.8 Å². The fraction of sp³-hybridized carbons (Fsp3) is 0.0833. The summed E-state index contributed by atoms with van der Waals surface area (Å²) in [4.78, 5) is 38.9. The Morgan fingerprint density at radius 1 is 0.906 bits per heavy atom. The Bertz CT molecular complexity index is 1270. The fourth-order valence-electron chi connectivity index (χ4n) is 3.38. The lowest BCUT2D eigenvalue weighted by Gasteiger charge is -2.16. The molecule has 0 radical (unpaired) electrons. The van der Waals surface area contributed by atoms with E-state index in [2.05, 4.69) is 10.6 Å². The highest BCUT2D eigenvalue weighted by molar-refractivity contribution is 7.80. The largest absolute Gasteiger partial charge is 0.331 e. The van der Waals surface area contributed by atoms with Crippen molar-refractivity contribution in [3.63, 3.8) is 0 Å². The van der Waals surface area contributed by atoms with Gasteiger partial charge in [-0.2, -0.15) is 0 Å². The highest BCUT2D eigenvalue weighted by Crippen LogP contribution is 2.32. The Balaban J connectivity index is 1.48. The van der Waals surface area contributed by atoms with Crippen LogP contribution in [-0.2, 0) is 0 Å². The fourth-order valence-corrected chi connectivity index (χ4v) is 3.80. The number of rotatable bonds is 3. The SMILES string of the molecule is Cc1ccc(C(=O)NC(=S)Nc2ccc(N3C(=O)c4ccccc4C3=O)cc2Cl)cc1C. The number of fused-ring (bicyclic) bond motifs is 1. The molecule has 0 unspecified atom stereocenters. The zero-order chi connectivity index (χ0) is 23.0. The van der Waals surface area contributed by atoms with Crippen LogP contribution in [0.4, 0.5) is 11.4 Å². The van der Waals surface area contributed by atoms with Crippen molar-refractivity contribution in [2.45, 2.75) is 13.8 Å². The number of hydrogen-bond donors (Lipinski definition) is 2. The lowest BCUT2D eigenvalue weighted by Crippen LogP contribution is -2.34. The van der Waals surface area contributed by atoms with Gasteiger partial charge in [-0.1, -0.05) is 29.8 Å². The van der Waals surface area contributed by atoms with Gasteiger partial charge in [-0.15, -0.1) is 0 Å². The second-order valence-corrected chi connectivity index (χ2v) is 8.18. The summed E-state index contributed by atoms with van der Waals surface area (Å²) >= 11 is 11.6. The molecule has 1 aliphatic rings. The zero-order valence-electron chi connectivity index (χ0n) is 17.2. The Morgan fingerprint density at radius 3 is 2.16 bits per heavy atom. The van der Waals surface area contributed by atoms with Gasteiger partial charge < -0.3 is 5.32 Å². The van der Waals surface area contributed by atoms with Crippen molar-refractivity contribution in [1.29, 1.82) is 0 Å². The van der Waals surface area contributed by atoms with E-state index in [0.717, 1.165) is 16.0 Å². The number of thiocarbonyl (C=S) groups is 1. The van der Waals surface area contributed by atoms with E-state index in [1.165, 1.54) is 6.07 Å². The summed E-state index contributed by atoms with van der Waals surface area (Å²) < 4.78 is 0. The van der Waals surface area contributed by atoms with E-state index < -0.39 is 11.8 Å². The summed E-state index contributed by atoms with van der Waals surface area (Å²) in [6, 6.07) is 16.7.